The summed E-state index contributed by atoms with van der Waals surface area (Å²) in [4.78, 5) is 3.93. The van der Waals surface area contributed by atoms with Crippen LogP contribution in [0.25, 0.3) is 0 Å². The fraction of sp³-hybridized carbons (Fsp3) is 0.111. The van der Waals surface area contributed by atoms with Gasteiger partial charge in [0.15, 0.2) is 0 Å². The largest absolute Gasteiger partial charge is 0.368 e. The van der Waals surface area contributed by atoms with Gasteiger partial charge >= 0.3 is 0 Å². The van der Waals surface area contributed by atoms with Crippen LogP contribution in [0.2, 0.25) is 10.0 Å². The average Bonchev–Trinajstić information content (AvgIpc) is 2.50. The number of halogens is 3. The minimum atomic E-state index is 0.331. The summed E-state index contributed by atoms with van der Waals surface area (Å²) in [5.74, 6) is 0.331. The first-order valence-electron chi connectivity index (χ1n) is 4.36. The number of nitrogens with two attached hydrogens (primary N) is 1. The van der Waals surface area contributed by atoms with E-state index in [1.54, 1.807) is 16.8 Å². The van der Waals surface area contributed by atoms with E-state index in [1.165, 1.54) is 0 Å². The lowest BCUT2D eigenvalue weighted by molar-refractivity contribution is 0.691. The van der Waals surface area contributed by atoms with Gasteiger partial charge in [-0.3, -0.25) is 0 Å². The fourth-order valence-corrected chi connectivity index (χ4v) is 2.09. The van der Waals surface area contributed by atoms with Crippen molar-refractivity contribution in [2.45, 2.75) is 6.54 Å². The SMILES string of the molecule is Nc1nc(Br)nn1Cc1ccc(Cl)cc1Cl. The molecule has 84 valence electrons. The molecular weight excluding hydrogens is 315 g/mol. The van der Waals surface area contributed by atoms with Crippen LogP contribution in [0.3, 0.4) is 0 Å². The number of rotatable bonds is 2. The number of anilines is 1. The predicted octanol–water partition coefficient (Wildman–Crippen LogP) is 2.98. The Hall–Kier alpha value is -0.780. The Labute approximate surface area is 110 Å². The molecule has 0 amide bonds. The molecule has 0 aliphatic heterocycles. The molecular formula is C9H7BrCl2N4. The van der Waals surface area contributed by atoms with E-state index >= 15 is 0 Å². The average molecular weight is 322 g/mol. The van der Waals surface area contributed by atoms with Crippen molar-refractivity contribution in [3.05, 3.63) is 38.5 Å². The first kappa shape index (κ1) is 11.7. The highest BCUT2D eigenvalue weighted by Crippen LogP contribution is 2.22. The number of aromatic nitrogens is 3. The van der Waals surface area contributed by atoms with E-state index in [1.807, 2.05) is 6.07 Å². The van der Waals surface area contributed by atoms with Gasteiger partial charge in [-0.25, -0.2) is 4.68 Å². The van der Waals surface area contributed by atoms with E-state index in [2.05, 4.69) is 26.0 Å². The molecule has 1 aromatic heterocycles. The van der Waals surface area contributed by atoms with E-state index < -0.39 is 0 Å². The molecule has 0 saturated carbocycles. The standard InChI is InChI=1S/C9H7BrCl2N4/c10-8-14-9(13)16(15-8)4-5-1-2-6(11)3-7(5)12/h1-3H,4H2,(H2,13,14,15). The van der Waals surface area contributed by atoms with Crippen LogP contribution < -0.4 is 5.73 Å². The van der Waals surface area contributed by atoms with E-state index in [4.69, 9.17) is 28.9 Å². The van der Waals surface area contributed by atoms with Crippen molar-refractivity contribution in [3.8, 4) is 0 Å². The molecule has 0 unspecified atom stereocenters. The molecule has 0 fully saturated rings. The number of nitrogens with zero attached hydrogens (tertiary/aromatic N) is 3. The second-order valence-electron chi connectivity index (χ2n) is 3.13. The third-order valence-corrected chi connectivity index (χ3v) is 2.93. The molecule has 2 N–H and O–H groups in total. The topological polar surface area (TPSA) is 56.7 Å². The van der Waals surface area contributed by atoms with Crippen molar-refractivity contribution in [1.29, 1.82) is 0 Å². The number of hydrogen-bond donors (Lipinski definition) is 1. The lowest BCUT2D eigenvalue weighted by Gasteiger charge is -2.05. The Bertz CT molecular complexity index is 526. The third-order valence-electron chi connectivity index (χ3n) is 2.01. The second-order valence-corrected chi connectivity index (χ2v) is 4.69. The quantitative estimate of drug-likeness (QED) is 0.925. The van der Waals surface area contributed by atoms with Crippen LogP contribution in [0.15, 0.2) is 22.9 Å². The van der Waals surface area contributed by atoms with Crippen molar-refractivity contribution in [2.75, 3.05) is 5.73 Å². The highest BCUT2D eigenvalue weighted by molar-refractivity contribution is 9.10. The van der Waals surface area contributed by atoms with Gasteiger partial charge in [-0.1, -0.05) is 29.3 Å². The summed E-state index contributed by atoms with van der Waals surface area (Å²) in [7, 11) is 0. The fourth-order valence-electron chi connectivity index (χ4n) is 1.25. The molecule has 0 radical (unpaired) electrons. The van der Waals surface area contributed by atoms with Gasteiger partial charge < -0.3 is 5.73 Å². The van der Waals surface area contributed by atoms with Gasteiger partial charge in [0.2, 0.25) is 10.7 Å². The van der Waals surface area contributed by atoms with Crippen LogP contribution >= 0.6 is 39.1 Å². The molecule has 0 atom stereocenters. The molecule has 0 saturated heterocycles. The smallest absolute Gasteiger partial charge is 0.219 e. The van der Waals surface area contributed by atoms with Crippen LogP contribution in [-0.4, -0.2) is 14.8 Å². The Kier molecular flexibility index (Phi) is 3.37. The molecule has 7 heteroatoms. The van der Waals surface area contributed by atoms with Crippen molar-refractivity contribution < 1.29 is 0 Å². The van der Waals surface area contributed by atoms with E-state index in [0.29, 0.717) is 27.3 Å². The normalized spacial score (nSPS) is 10.7. The molecule has 4 nitrogen and oxygen atoms in total. The van der Waals surface area contributed by atoms with Gasteiger partial charge in [0.05, 0.1) is 6.54 Å². The van der Waals surface area contributed by atoms with Gasteiger partial charge in [-0.2, -0.15) is 4.98 Å². The summed E-state index contributed by atoms with van der Waals surface area (Å²) in [5, 5.41) is 5.26. The van der Waals surface area contributed by atoms with Crippen LogP contribution in [0.5, 0.6) is 0 Å². The Morgan fingerprint density at radius 2 is 2.12 bits per heavy atom. The molecule has 0 aliphatic rings. The molecule has 0 spiro atoms. The maximum atomic E-state index is 6.04. The number of nitrogen functional groups attached to an aromatic ring is 1. The maximum absolute atomic E-state index is 6.04. The monoisotopic (exact) mass is 320 g/mol. The summed E-state index contributed by atoms with van der Waals surface area (Å²) >= 11 is 15.0. The minimum absolute atomic E-state index is 0.331. The summed E-state index contributed by atoms with van der Waals surface area (Å²) in [6.07, 6.45) is 0. The molecule has 1 heterocycles. The van der Waals surface area contributed by atoms with Crippen LogP contribution in [0, 0.1) is 0 Å². The maximum Gasteiger partial charge on any atom is 0.219 e. The predicted molar refractivity (Wildman–Crippen MR) is 67.7 cm³/mol. The highest BCUT2D eigenvalue weighted by atomic mass is 79.9. The van der Waals surface area contributed by atoms with Crippen LogP contribution in [0.1, 0.15) is 5.56 Å². The first-order valence-corrected chi connectivity index (χ1v) is 5.91. The van der Waals surface area contributed by atoms with Gasteiger partial charge in [-0.05, 0) is 33.6 Å². The molecule has 0 bridgehead atoms. The van der Waals surface area contributed by atoms with Crippen molar-refractivity contribution in [3.63, 3.8) is 0 Å². The third kappa shape index (κ3) is 2.48. The lowest BCUT2D eigenvalue weighted by atomic mass is 10.2. The summed E-state index contributed by atoms with van der Waals surface area (Å²) in [6, 6.07) is 5.28. The van der Waals surface area contributed by atoms with E-state index in [9.17, 15) is 0 Å². The Morgan fingerprint density at radius 1 is 1.38 bits per heavy atom. The minimum Gasteiger partial charge on any atom is -0.368 e. The van der Waals surface area contributed by atoms with Crippen LogP contribution in [0.4, 0.5) is 5.95 Å². The van der Waals surface area contributed by atoms with E-state index in [-0.39, 0.29) is 0 Å². The highest BCUT2D eigenvalue weighted by Gasteiger charge is 2.07. The van der Waals surface area contributed by atoms with Gasteiger partial charge in [0.1, 0.15) is 0 Å². The summed E-state index contributed by atoms with van der Waals surface area (Å²) in [5.41, 5.74) is 6.54. The van der Waals surface area contributed by atoms with Crippen LogP contribution in [-0.2, 0) is 6.54 Å². The van der Waals surface area contributed by atoms with Crippen molar-refractivity contribution >= 4 is 45.1 Å². The van der Waals surface area contributed by atoms with Gasteiger partial charge in [-0.15, -0.1) is 5.10 Å². The zero-order valence-electron chi connectivity index (χ0n) is 7.99. The zero-order chi connectivity index (χ0) is 11.7. The summed E-state index contributed by atoms with van der Waals surface area (Å²) in [6.45, 7) is 0.459. The summed E-state index contributed by atoms with van der Waals surface area (Å²) < 4.78 is 2.01. The molecule has 2 aromatic rings. The lowest BCUT2D eigenvalue weighted by Crippen LogP contribution is -2.06. The Morgan fingerprint density at radius 3 is 2.69 bits per heavy atom. The molecule has 0 aliphatic carbocycles. The van der Waals surface area contributed by atoms with Crippen molar-refractivity contribution in [1.82, 2.24) is 14.8 Å². The Balaban J connectivity index is 2.30. The van der Waals surface area contributed by atoms with Crippen molar-refractivity contribution in [2.24, 2.45) is 0 Å². The number of hydrogen-bond acceptors (Lipinski definition) is 3. The first-order chi connectivity index (χ1) is 7.56. The number of benzene rings is 1. The molecule has 16 heavy (non-hydrogen) atoms. The van der Waals surface area contributed by atoms with E-state index in [0.717, 1.165) is 5.56 Å². The van der Waals surface area contributed by atoms with Gasteiger partial charge in [0, 0.05) is 10.0 Å². The molecule has 1 aromatic carbocycles. The zero-order valence-corrected chi connectivity index (χ0v) is 11.1. The van der Waals surface area contributed by atoms with Gasteiger partial charge in [0.25, 0.3) is 0 Å². The molecule has 2 rings (SSSR count). The second kappa shape index (κ2) is 4.61.